The Labute approximate surface area is 165 Å². The smallest absolute Gasteiger partial charge is 0.255 e. The fourth-order valence-electron chi connectivity index (χ4n) is 4.00. The predicted octanol–water partition coefficient (Wildman–Crippen LogP) is 3.91. The molecule has 1 aliphatic rings. The molecule has 0 radical (unpaired) electrons. The number of rotatable bonds is 6. The second kappa shape index (κ2) is 8.09. The van der Waals surface area contributed by atoms with Crippen LogP contribution < -0.4 is 10.2 Å². The fraction of sp³-hybridized carbons (Fsp3) is 0.455. The summed E-state index contributed by atoms with van der Waals surface area (Å²) in [6.45, 7) is 3.94. The van der Waals surface area contributed by atoms with Gasteiger partial charge in [0.15, 0.2) is 0 Å². The maximum absolute atomic E-state index is 13.1. The van der Waals surface area contributed by atoms with Crippen LogP contribution in [0.2, 0.25) is 0 Å². The highest BCUT2D eigenvalue weighted by atomic mass is 16.3. The molecule has 1 fully saturated rings. The van der Waals surface area contributed by atoms with E-state index in [1.807, 2.05) is 48.3 Å². The Morgan fingerprint density at radius 1 is 1.29 bits per heavy atom. The van der Waals surface area contributed by atoms with E-state index in [4.69, 9.17) is 4.42 Å². The van der Waals surface area contributed by atoms with Crippen molar-refractivity contribution in [1.82, 2.24) is 14.9 Å². The van der Waals surface area contributed by atoms with E-state index in [-0.39, 0.29) is 11.9 Å². The van der Waals surface area contributed by atoms with Crippen molar-refractivity contribution in [3.8, 4) is 0 Å². The molecule has 2 aromatic heterocycles. The molecule has 0 spiro atoms. The van der Waals surface area contributed by atoms with Gasteiger partial charge in [-0.05, 0) is 25.3 Å². The summed E-state index contributed by atoms with van der Waals surface area (Å²) in [6.07, 6.45) is 8.50. The molecular weight excluding hydrogens is 352 g/mol. The van der Waals surface area contributed by atoms with Crippen LogP contribution in [-0.2, 0) is 13.5 Å². The van der Waals surface area contributed by atoms with Crippen molar-refractivity contribution < 1.29 is 9.21 Å². The molecule has 0 bridgehead atoms. The third-order valence-electron chi connectivity index (χ3n) is 5.56. The van der Waals surface area contributed by atoms with Crippen molar-refractivity contribution in [1.29, 1.82) is 0 Å². The number of nitrogens with zero attached hydrogens (tertiary/aromatic N) is 3. The zero-order valence-corrected chi connectivity index (χ0v) is 16.6. The predicted molar refractivity (Wildman–Crippen MR) is 111 cm³/mol. The molecular formula is C22H28N4O2. The van der Waals surface area contributed by atoms with Crippen LogP contribution >= 0.6 is 0 Å². The Morgan fingerprint density at radius 2 is 2.07 bits per heavy atom. The Bertz CT molecular complexity index is 951. The lowest BCUT2D eigenvalue weighted by molar-refractivity contribution is 0.0930. The van der Waals surface area contributed by atoms with Crippen LogP contribution in [-0.4, -0.2) is 34.6 Å². The van der Waals surface area contributed by atoms with Gasteiger partial charge in [0.2, 0.25) is 5.95 Å². The topological polar surface area (TPSA) is 63.3 Å². The Balaban J connectivity index is 1.46. The van der Waals surface area contributed by atoms with Crippen LogP contribution in [0.25, 0.3) is 11.0 Å². The summed E-state index contributed by atoms with van der Waals surface area (Å²) in [6, 6.07) is 8.00. The van der Waals surface area contributed by atoms with Crippen molar-refractivity contribution in [2.24, 2.45) is 7.05 Å². The molecule has 1 saturated heterocycles. The van der Waals surface area contributed by atoms with E-state index in [2.05, 4.69) is 22.1 Å². The van der Waals surface area contributed by atoms with Gasteiger partial charge in [0.25, 0.3) is 5.91 Å². The van der Waals surface area contributed by atoms with Crippen molar-refractivity contribution in [3.05, 3.63) is 48.0 Å². The van der Waals surface area contributed by atoms with Gasteiger partial charge in [-0.3, -0.25) is 4.79 Å². The van der Waals surface area contributed by atoms with E-state index < -0.39 is 0 Å². The highest BCUT2D eigenvalue weighted by Crippen LogP contribution is 2.28. The summed E-state index contributed by atoms with van der Waals surface area (Å²) in [7, 11) is 2.01. The largest absolute Gasteiger partial charge is 0.460 e. The lowest BCUT2D eigenvalue weighted by atomic mass is 10.0. The number of aromatic nitrogens is 2. The minimum absolute atomic E-state index is 0.00788. The Hall–Kier alpha value is -2.76. The third kappa shape index (κ3) is 3.63. The molecule has 3 aromatic rings. The number of fused-ring (bicyclic) bond motifs is 1. The van der Waals surface area contributed by atoms with Crippen molar-refractivity contribution in [2.75, 3.05) is 18.0 Å². The number of carbonyl (C=O) groups excluding carboxylic acids is 1. The fourth-order valence-corrected chi connectivity index (χ4v) is 4.00. The number of amides is 1. The number of aryl methyl sites for hydroxylation is 2. The first-order valence-electron chi connectivity index (χ1n) is 10.2. The highest BCUT2D eigenvalue weighted by Gasteiger charge is 2.26. The number of imidazole rings is 1. The zero-order valence-electron chi connectivity index (χ0n) is 16.6. The van der Waals surface area contributed by atoms with Gasteiger partial charge in [-0.25, -0.2) is 4.98 Å². The van der Waals surface area contributed by atoms with Gasteiger partial charge < -0.3 is 19.2 Å². The molecule has 0 saturated carbocycles. The number of furan rings is 1. The second-order valence-electron chi connectivity index (χ2n) is 7.57. The monoisotopic (exact) mass is 380 g/mol. The Kier molecular flexibility index (Phi) is 5.37. The van der Waals surface area contributed by atoms with Gasteiger partial charge in [0, 0.05) is 50.4 Å². The van der Waals surface area contributed by atoms with Gasteiger partial charge in [0.1, 0.15) is 11.3 Å². The highest BCUT2D eigenvalue weighted by molar-refractivity contribution is 6.07. The molecule has 0 aliphatic carbocycles. The van der Waals surface area contributed by atoms with Crippen LogP contribution in [0, 0.1) is 0 Å². The van der Waals surface area contributed by atoms with E-state index in [1.54, 1.807) is 0 Å². The van der Waals surface area contributed by atoms with Crippen LogP contribution in [0.5, 0.6) is 0 Å². The van der Waals surface area contributed by atoms with Gasteiger partial charge >= 0.3 is 0 Å². The van der Waals surface area contributed by atoms with Crippen LogP contribution in [0.15, 0.2) is 41.1 Å². The van der Waals surface area contributed by atoms with Crippen LogP contribution in [0.1, 0.15) is 48.7 Å². The molecule has 4 rings (SSSR count). The zero-order chi connectivity index (χ0) is 19.5. The van der Waals surface area contributed by atoms with Gasteiger partial charge in [-0.2, -0.15) is 0 Å². The van der Waals surface area contributed by atoms with E-state index >= 15 is 0 Å². The van der Waals surface area contributed by atoms with Crippen molar-refractivity contribution in [2.45, 2.75) is 45.1 Å². The molecule has 6 heteroatoms. The molecule has 148 valence electrons. The number of benzene rings is 1. The maximum Gasteiger partial charge on any atom is 0.255 e. The molecule has 0 atom stereocenters. The molecule has 3 heterocycles. The second-order valence-corrected chi connectivity index (χ2v) is 7.57. The average Bonchev–Trinajstić information content (AvgIpc) is 3.30. The minimum atomic E-state index is -0.00788. The van der Waals surface area contributed by atoms with Gasteiger partial charge in [0.05, 0.1) is 5.56 Å². The minimum Gasteiger partial charge on any atom is -0.460 e. The summed E-state index contributed by atoms with van der Waals surface area (Å²) in [4.78, 5) is 19.8. The van der Waals surface area contributed by atoms with Crippen LogP contribution in [0.4, 0.5) is 5.95 Å². The normalized spacial score (nSPS) is 15.3. The van der Waals surface area contributed by atoms with Gasteiger partial charge in [-0.15, -0.1) is 0 Å². The van der Waals surface area contributed by atoms with Crippen LogP contribution in [0.3, 0.4) is 0 Å². The molecule has 1 aliphatic heterocycles. The quantitative estimate of drug-likeness (QED) is 0.704. The number of hydrogen-bond acceptors (Lipinski definition) is 4. The van der Waals surface area contributed by atoms with Crippen molar-refractivity contribution in [3.63, 3.8) is 0 Å². The molecule has 28 heavy (non-hydrogen) atoms. The lowest BCUT2D eigenvalue weighted by Crippen LogP contribution is -2.45. The number of carbonyl (C=O) groups is 1. The average molecular weight is 380 g/mol. The standard InChI is InChI=1S/C22H28N4O2/c1-3-4-8-19-20(17-7-5-6-9-18(17)28-19)21(27)24-16-10-13-26(14-11-16)22-23-12-15-25(22)2/h5-7,9,12,15-16H,3-4,8,10-11,13-14H2,1-2H3,(H,24,27). The van der Waals surface area contributed by atoms with Crippen molar-refractivity contribution >= 4 is 22.8 Å². The lowest BCUT2D eigenvalue weighted by Gasteiger charge is -2.33. The molecule has 1 aromatic carbocycles. The summed E-state index contributed by atoms with van der Waals surface area (Å²) < 4.78 is 8.05. The first kappa shape index (κ1) is 18.6. The number of nitrogens with one attached hydrogen (secondary N) is 1. The Morgan fingerprint density at radius 3 is 2.79 bits per heavy atom. The first-order valence-corrected chi connectivity index (χ1v) is 10.2. The summed E-state index contributed by atoms with van der Waals surface area (Å²) in [5.41, 5.74) is 1.51. The maximum atomic E-state index is 13.1. The number of para-hydroxylation sites is 1. The third-order valence-corrected chi connectivity index (χ3v) is 5.56. The molecule has 1 amide bonds. The first-order chi connectivity index (χ1) is 13.7. The molecule has 1 N–H and O–H groups in total. The van der Waals surface area contributed by atoms with E-state index in [0.717, 1.165) is 73.4 Å². The summed E-state index contributed by atoms with van der Waals surface area (Å²) >= 11 is 0. The number of unbranched alkanes of at least 4 members (excludes halogenated alkanes) is 1. The van der Waals surface area contributed by atoms with Gasteiger partial charge in [-0.1, -0.05) is 31.5 Å². The van der Waals surface area contributed by atoms with E-state index in [9.17, 15) is 4.79 Å². The number of piperidine rings is 1. The van der Waals surface area contributed by atoms with E-state index in [0.29, 0.717) is 0 Å². The number of anilines is 1. The molecule has 6 nitrogen and oxygen atoms in total. The SMILES string of the molecule is CCCCc1oc2ccccc2c1C(=O)NC1CCN(c2nccn2C)CC1. The van der Waals surface area contributed by atoms with E-state index in [1.165, 1.54) is 0 Å². The summed E-state index contributed by atoms with van der Waals surface area (Å²) in [5.74, 6) is 1.80. The molecule has 0 unspecified atom stereocenters. The number of hydrogen-bond donors (Lipinski definition) is 1. The summed E-state index contributed by atoms with van der Waals surface area (Å²) in [5, 5.41) is 4.17.